The van der Waals surface area contributed by atoms with E-state index in [4.69, 9.17) is 4.52 Å². The SMILES string of the molecule is CCP(OC)(c1ccccc1)(c1ccccc1)c1ccccc1. The average Bonchev–Trinajstić information content (AvgIpc) is 2.67. The predicted octanol–water partition coefficient (Wildman–Crippen LogP) is 4.10. The minimum absolute atomic E-state index is 0.931. The van der Waals surface area contributed by atoms with Gasteiger partial charge in [-0.15, -0.1) is 0 Å². The van der Waals surface area contributed by atoms with Gasteiger partial charge in [0.2, 0.25) is 0 Å². The first-order chi connectivity index (χ1) is 11.3. The summed E-state index contributed by atoms with van der Waals surface area (Å²) in [5, 5.41) is 3.84. The van der Waals surface area contributed by atoms with Gasteiger partial charge in [-0.1, -0.05) is 0 Å². The van der Waals surface area contributed by atoms with Gasteiger partial charge in [0.15, 0.2) is 0 Å². The molecule has 118 valence electrons. The molecule has 0 saturated carbocycles. The number of rotatable bonds is 5. The molecule has 0 unspecified atom stereocenters. The fourth-order valence-corrected chi connectivity index (χ4v) is 8.96. The van der Waals surface area contributed by atoms with Crippen LogP contribution >= 0.6 is 6.83 Å². The summed E-state index contributed by atoms with van der Waals surface area (Å²) in [6, 6.07) is 32.1. The van der Waals surface area contributed by atoms with Gasteiger partial charge in [0, 0.05) is 0 Å². The standard InChI is InChI=1S/C21H23OP/c1-3-23(22-2,19-13-7-4-8-14-19,20-15-9-5-10-16-20)21-17-11-6-12-18-21/h4-18H,3H2,1-2H3. The van der Waals surface area contributed by atoms with Crippen molar-refractivity contribution < 1.29 is 4.52 Å². The van der Waals surface area contributed by atoms with Crippen LogP contribution in [0, 0.1) is 0 Å². The summed E-state index contributed by atoms with van der Waals surface area (Å²) in [6.45, 7) is -0.682. The van der Waals surface area contributed by atoms with E-state index in [0.29, 0.717) is 0 Å². The van der Waals surface area contributed by atoms with Crippen LogP contribution in [0.4, 0.5) is 0 Å². The Hall–Kier alpha value is -1.95. The normalized spacial score (nSPS) is 13.2. The van der Waals surface area contributed by atoms with Crippen LogP contribution in [-0.2, 0) is 4.52 Å². The molecule has 0 amide bonds. The van der Waals surface area contributed by atoms with Gasteiger partial charge >= 0.3 is 138 Å². The van der Waals surface area contributed by atoms with E-state index in [2.05, 4.69) is 97.9 Å². The van der Waals surface area contributed by atoms with Crippen molar-refractivity contribution in [2.24, 2.45) is 0 Å². The minimum atomic E-state index is -2.93. The first-order valence-corrected chi connectivity index (χ1v) is 10.4. The summed E-state index contributed by atoms with van der Waals surface area (Å²) in [5.41, 5.74) is 0. The van der Waals surface area contributed by atoms with Crippen LogP contribution in [0.3, 0.4) is 0 Å². The number of benzene rings is 3. The van der Waals surface area contributed by atoms with Gasteiger partial charge in [0.25, 0.3) is 0 Å². The first-order valence-electron chi connectivity index (χ1n) is 8.02. The molecule has 3 aromatic rings. The molecule has 1 nitrogen and oxygen atoms in total. The van der Waals surface area contributed by atoms with Crippen molar-refractivity contribution in [3.05, 3.63) is 91.0 Å². The van der Waals surface area contributed by atoms with Gasteiger partial charge in [-0.3, -0.25) is 0 Å². The Labute approximate surface area is 139 Å². The van der Waals surface area contributed by atoms with Crippen molar-refractivity contribution in [2.45, 2.75) is 6.92 Å². The molecule has 0 N–H and O–H groups in total. The summed E-state index contributed by atoms with van der Waals surface area (Å²) in [4.78, 5) is 0. The van der Waals surface area contributed by atoms with E-state index in [1.165, 1.54) is 15.9 Å². The zero-order valence-corrected chi connectivity index (χ0v) is 14.6. The van der Waals surface area contributed by atoms with Crippen LogP contribution < -0.4 is 15.9 Å². The van der Waals surface area contributed by atoms with E-state index in [9.17, 15) is 0 Å². The van der Waals surface area contributed by atoms with Crippen molar-refractivity contribution in [1.29, 1.82) is 0 Å². The van der Waals surface area contributed by atoms with E-state index in [1.807, 2.05) is 7.11 Å². The Balaban J connectivity index is 2.46. The van der Waals surface area contributed by atoms with Crippen molar-refractivity contribution in [1.82, 2.24) is 0 Å². The van der Waals surface area contributed by atoms with Gasteiger partial charge in [0.05, 0.1) is 0 Å². The Kier molecular flexibility index (Phi) is 4.35. The molecule has 0 aliphatic heterocycles. The van der Waals surface area contributed by atoms with Crippen LogP contribution in [0.1, 0.15) is 6.92 Å². The van der Waals surface area contributed by atoms with Gasteiger partial charge in [-0.25, -0.2) is 0 Å². The quantitative estimate of drug-likeness (QED) is 0.643. The molecule has 3 rings (SSSR count). The molecule has 0 saturated heterocycles. The summed E-state index contributed by atoms with van der Waals surface area (Å²) in [6.07, 6.45) is 0.931. The van der Waals surface area contributed by atoms with E-state index >= 15 is 0 Å². The number of hydrogen-bond acceptors (Lipinski definition) is 1. The average molecular weight is 322 g/mol. The van der Waals surface area contributed by atoms with E-state index in [-0.39, 0.29) is 0 Å². The van der Waals surface area contributed by atoms with Crippen LogP contribution in [0.15, 0.2) is 91.0 Å². The van der Waals surface area contributed by atoms with Gasteiger partial charge in [0.1, 0.15) is 0 Å². The maximum absolute atomic E-state index is 6.56. The molecule has 0 heterocycles. The van der Waals surface area contributed by atoms with E-state index < -0.39 is 6.83 Å². The number of hydrogen-bond donors (Lipinski definition) is 0. The molecule has 0 atom stereocenters. The Bertz CT molecular complexity index is 646. The molecule has 0 spiro atoms. The fraction of sp³-hybridized carbons (Fsp3) is 0.143. The Morgan fingerprint density at radius 2 is 0.913 bits per heavy atom. The molecule has 0 aromatic heterocycles. The summed E-state index contributed by atoms with van der Waals surface area (Å²) < 4.78 is 6.56. The predicted molar refractivity (Wildman–Crippen MR) is 103 cm³/mol. The fourth-order valence-electron chi connectivity index (χ4n) is 3.67. The van der Waals surface area contributed by atoms with Crippen LogP contribution in [0.5, 0.6) is 0 Å². The van der Waals surface area contributed by atoms with Crippen LogP contribution in [-0.4, -0.2) is 13.3 Å². The third-order valence-electron chi connectivity index (χ3n) is 4.91. The van der Waals surface area contributed by atoms with Crippen molar-refractivity contribution in [3.8, 4) is 0 Å². The summed E-state index contributed by atoms with van der Waals surface area (Å²) >= 11 is 0. The zero-order chi connectivity index (χ0) is 16.2. The molecule has 0 fully saturated rings. The Morgan fingerprint density at radius 1 is 0.609 bits per heavy atom. The second-order valence-corrected chi connectivity index (χ2v) is 10.7. The molecule has 0 aliphatic carbocycles. The second kappa shape index (κ2) is 6.28. The molecule has 0 radical (unpaired) electrons. The molecular formula is C21H23OP. The maximum atomic E-state index is 6.56. The van der Waals surface area contributed by atoms with E-state index in [1.54, 1.807) is 0 Å². The molecule has 3 aromatic carbocycles. The van der Waals surface area contributed by atoms with Gasteiger partial charge < -0.3 is 0 Å². The van der Waals surface area contributed by atoms with Crippen LogP contribution in [0.2, 0.25) is 0 Å². The Morgan fingerprint density at radius 3 is 1.13 bits per heavy atom. The third kappa shape index (κ3) is 2.24. The zero-order valence-electron chi connectivity index (χ0n) is 13.7. The molecule has 2 heteroatoms. The van der Waals surface area contributed by atoms with E-state index in [0.717, 1.165) is 6.16 Å². The molecule has 0 bridgehead atoms. The van der Waals surface area contributed by atoms with Crippen LogP contribution in [0.25, 0.3) is 0 Å². The van der Waals surface area contributed by atoms with Crippen molar-refractivity contribution >= 4 is 22.7 Å². The topological polar surface area (TPSA) is 9.23 Å². The first kappa shape index (κ1) is 15.9. The summed E-state index contributed by atoms with van der Waals surface area (Å²) in [7, 11) is 1.87. The third-order valence-corrected chi connectivity index (χ3v) is 11.1. The monoisotopic (exact) mass is 322 g/mol. The summed E-state index contributed by atoms with van der Waals surface area (Å²) in [5.74, 6) is 0. The second-order valence-electron chi connectivity index (χ2n) is 5.72. The molecule has 0 aliphatic rings. The van der Waals surface area contributed by atoms with Gasteiger partial charge in [-0.2, -0.15) is 0 Å². The molecule has 23 heavy (non-hydrogen) atoms. The van der Waals surface area contributed by atoms with Crippen molar-refractivity contribution in [2.75, 3.05) is 13.3 Å². The van der Waals surface area contributed by atoms with Crippen molar-refractivity contribution in [3.63, 3.8) is 0 Å². The van der Waals surface area contributed by atoms with Gasteiger partial charge in [-0.05, 0) is 0 Å². The molecular weight excluding hydrogens is 299 g/mol.